The van der Waals surface area contributed by atoms with Crippen LogP contribution in [0.25, 0.3) is 17.0 Å². The largest absolute Gasteiger partial charge is 0.370 e. The predicted octanol–water partition coefficient (Wildman–Crippen LogP) is 3.19. The second-order valence-electron chi connectivity index (χ2n) is 8.17. The number of fused-ring (bicyclic) bond motifs is 1. The van der Waals surface area contributed by atoms with Gasteiger partial charge < -0.3 is 9.64 Å². The number of aromatic nitrogens is 2. The summed E-state index contributed by atoms with van der Waals surface area (Å²) in [6.07, 6.45) is 5.30. The Hall–Kier alpha value is -2.96. The molecule has 1 amide bonds. The summed E-state index contributed by atoms with van der Waals surface area (Å²) in [6, 6.07) is 18.1. The molecule has 154 valence electrons. The van der Waals surface area contributed by atoms with Crippen molar-refractivity contribution in [3.05, 3.63) is 71.9 Å². The number of amides is 1. The average Bonchev–Trinajstić information content (AvgIpc) is 3.38. The van der Waals surface area contributed by atoms with Crippen LogP contribution in [0, 0.1) is 0 Å². The Balaban J connectivity index is 1.24. The molecule has 2 aliphatic heterocycles. The Morgan fingerprint density at radius 2 is 1.93 bits per heavy atom. The lowest BCUT2D eigenvalue weighted by molar-refractivity contribution is -0.0913. The molecule has 1 aromatic heterocycles. The first-order valence-corrected chi connectivity index (χ1v) is 10.5. The van der Waals surface area contributed by atoms with Gasteiger partial charge in [0.2, 0.25) is 0 Å². The van der Waals surface area contributed by atoms with Crippen molar-refractivity contribution < 1.29 is 9.53 Å². The van der Waals surface area contributed by atoms with Gasteiger partial charge in [-0.1, -0.05) is 60.7 Å². The Labute approximate surface area is 176 Å². The Morgan fingerprint density at radius 3 is 2.83 bits per heavy atom. The molecule has 5 rings (SSSR count). The minimum atomic E-state index is -0.277. The first-order chi connectivity index (χ1) is 14.7. The Morgan fingerprint density at radius 1 is 1.10 bits per heavy atom. The SMILES string of the molecule is O=C(c1n[nH]c2ccccc12)N1CCOC2(CCN(C/C=C/c3ccccc3)C2)C1. The summed E-state index contributed by atoms with van der Waals surface area (Å²) in [4.78, 5) is 17.5. The molecular formula is C24H26N4O2. The molecule has 6 heteroatoms. The van der Waals surface area contributed by atoms with Crippen molar-refractivity contribution in [3.8, 4) is 0 Å². The summed E-state index contributed by atoms with van der Waals surface area (Å²) in [5.74, 6) is -0.0162. The van der Waals surface area contributed by atoms with E-state index < -0.39 is 0 Å². The minimum absolute atomic E-state index is 0.0162. The number of likely N-dealkylation sites (tertiary alicyclic amines) is 1. The number of morpholine rings is 1. The first-order valence-electron chi connectivity index (χ1n) is 10.5. The zero-order valence-electron chi connectivity index (χ0n) is 17.0. The molecule has 0 aliphatic carbocycles. The number of hydrogen-bond acceptors (Lipinski definition) is 4. The third-order valence-electron chi connectivity index (χ3n) is 6.08. The van der Waals surface area contributed by atoms with Crippen molar-refractivity contribution in [1.82, 2.24) is 20.0 Å². The van der Waals surface area contributed by atoms with Crippen molar-refractivity contribution in [2.75, 3.05) is 39.3 Å². The average molecular weight is 402 g/mol. The van der Waals surface area contributed by atoms with E-state index >= 15 is 0 Å². The highest BCUT2D eigenvalue weighted by Crippen LogP contribution is 2.30. The standard InChI is InChI=1S/C24H26N4O2/c29-23(22-20-10-4-5-11-21(20)25-26-22)28-15-16-30-24(18-28)12-14-27(17-24)13-6-9-19-7-2-1-3-8-19/h1-11H,12-18H2,(H,25,26)/b9-6+. The van der Waals surface area contributed by atoms with E-state index in [4.69, 9.17) is 4.74 Å². The number of para-hydroxylation sites is 1. The number of rotatable bonds is 4. The Kier molecular flexibility index (Phi) is 5.11. The molecule has 3 heterocycles. The van der Waals surface area contributed by atoms with Crippen LogP contribution in [0.5, 0.6) is 0 Å². The summed E-state index contributed by atoms with van der Waals surface area (Å²) in [5.41, 5.74) is 2.33. The van der Waals surface area contributed by atoms with E-state index in [0.717, 1.165) is 37.0 Å². The second kappa shape index (κ2) is 8.05. The number of carbonyl (C=O) groups excluding carboxylic acids is 1. The first kappa shape index (κ1) is 19.0. The van der Waals surface area contributed by atoms with Gasteiger partial charge in [-0.2, -0.15) is 5.10 Å². The number of carbonyl (C=O) groups is 1. The van der Waals surface area contributed by atoms with E-state index in [1.54, 1.807) is 0 Å². The van der Waals surface area contributed by atoms with E-state index in [2.05, 4.69) is 51.5 Å². The van der Waals surface area contributed by atoms with Crippen LogP contribution in [-0.4, -0.2) is 70.8 Å². The molecular weight excluding hydrogens is 376 g/mol. The van der Waals surface area contributed by atoms with E-state index in [9.17, 15) is 4.79 Å². The van der Waals surface area contributed by atoms with Crippen molar-refractivity contribution in [1.29, 1.82) is 0 Å². The van der Waals surface area contributed by atoms with Gasteiger partial charge in [0, 0.05) is 31.6 Å². The number of nitrogens with one attached hydrogen (secondary N) is 1. The van der Waals surface area contributed by atoms with Crippen LogP contribution in [0.2, 0.25) is 0 Å². The fraction of sp³-hybridized carbons (Fsp3) is 0.333. The molecule has 6 nitrogen and oxygen atoms in total. The fourth-order valence-electron chi connectivity index (χ4n) is 4.53. The molecule has 2 aromatic carbocycles. The third kappa shape index (κ3) is 3.76. The fourth-order valence-corrected chi connectivity index (χ4v) is 4.53. The molecule has 1 unspecified atom stereocenters. The van der Waals surface area contributed by atoms with Gasteiger partial charge >= 0.3 is 0 Å². The van der Waals surface area contributed by atoms with E-state index in [-0.39, 0.29) is 11.5 Å². The molecule has 30 heavy (non-hydrogen) atoms. The second-order valence-corrected chi connectivity index (χ2v) is 8.17. The smallest absolute Gasteiger partial charge is 0.275 e. The van der Waals surface area contributed by atoms with Gasteiger partial charge in [0.15, 0.2) is 5.69 Å². The molecule has 2 fully saturated rings. The highest BCUT2D eigenvalue weighted by atomic mass is 16.5. The quantitative estimate of drug-likeness (QED) is 0.728. The van der Waals surface area contributed by atoms with Crippen LogP contribution in [0.15, 0.2) is 60.7 Å². The van der Waals surface area contributed by atoms with Crippen LogP contribution in [0.3, 0.4) is 0 Å². The third-order valence-corrected chi connectivity index (χ3v) is 6.08. The summed E-state index contributed by atoms with van der Waals surface area (Å²) < 4.78 is 6.22. The highest BCUT2D eigenvalue weighted by Gasteiger charge is 2.44. The van der Waals surface area contributed by atoms with E-state index in [1.165, 1.54) is 5.56 Å². The lowest BCUT2D eigenvalue weighted by atomic mass is 10.00. The molecule has 1 N–H and O–H groups in total. The predicted molar refractivity (Wildman–Crippen MR) is 117 cm³/mol. The number of nitrogens with zero attached hydrogens (tertiary/aromatic N) is 3. The molecule has 1 spiro atoms. The van der Waals surface area contributed by atoms with Crippen molar-refractivity contribution >= 4 is 22.9 Å². The van der Waals surface area contributed by atoms with Gasteiger partial charge in [-0.15, -0.1) is 0 Å². The monoisotopic (exact) mass is 402 g/mol. The van der Waals surface area contributed by atoms with Crippen LogP contribution >= 0.6 is 0 Å². The zero-order valence-corrected chi connectivity index (χ0v) is 17.0. The molecule has 3 aromatic rings. The normalized spacial score (nSPS) is 22.5. The minimum Gasteiger partial charge on any atom is -0.370 e. The molecule has 2 saturated heterocycles. The van der Waals surface area contributed by atoms with Crippen LogP contribution in [-0.2, 0) is 4.74 Å². The van der Waals surface area contributed by atoms with E-state index in [1.807, 2.05) is 35.2 Å². The molecule has 0 saturated carbocycles. The lowest BCUT2D eigenvalue weighted by Crippen LogP contribution is -2.55. The van der Waals surface area contributed by atoms with E-state index in [0.29, 0.717) is 25.4 Å². The highest BCUT2D eigenvalue weighted by molar-refractivity contribution is 6.04. The molecule has 0 radical (unpaired) electrons. The van der Waals surface area contributed by atoms with Gasteiger partial charge in [-0.05, 0) is 18.1 Å². The van der Waals surface area contributed by atoms with Crippen molar-refractivity contribution in [2.24, 2.45) is 0 Å². The molecule has 1 atom stereocenters. The maximum absolute atomic E-state index is 13.2. The maximum atomic E-state index is 13.2. The number of benzene rings is 2. The Bertz CT molecular complexity index is 1060. The van der Waals surface area contributed by atoms with Gasteiger partial charge in [0.05, 0.1) is 24.3 Å². The number of aromatic amines is 1. The number of H-pyrrole nitrogens is 1. The number of ether oxygens (including phenoxy) is 1. The molecule has 0 bridgehead atoms. The topological polar surface area (TPSA) is 61.5 Å². The van der Waals surface area contributed by atoms with Gasteiger partial charge in [0.1, 0.15) is 0 Å². The summed E-state index contributed by atoms with van der Waals surface area (Å²) >= 11 is 0. The van der Waals surface area contributed by atoms with Crippen LogP contribution < -0.4 is 0 Å². The van der Waals surface area contributed by atoms with Crippen molar-refractivity contribution in [2.45, 2.75) is 12.0 Å². The summed E-state index contributed by atoms with van der Waals surface area (Å²) in [5, 5.41) is 8.14. The zero-order chi connectivity index (χ0) is 20.4. The van der Waals surface area contributed by atoms with Crippen LogP contribution in [0.1, 0.15) is 22.5 Å². The summed E-state index contributed by atoms with van der Waals surface area (Å²) in [7, 11) is 0. The maximum Gasteiger partial charge on any atom is 0.275 e. The molecule has 2 aliphatic rings. The van der Waals surface area contributed by atoms with Crippen molar-refractivity contribution in [3.63, 3.8) is 0 Å². The van der Waals surface area contributed by atoms with Gasteiger partial charge in [-0.25, -0.2) is 0 Å². The lowest BCUT2D eigenvalue weighted by Gasteiger charge is -2.40. The van der Waals surface area contributed by atoms with Crippen LogP contribution in [0.4, 0.5) is 0 Å². The van der Waals surface area contributed by atoms with Gasteiger partial charge in [0.25, 0.3) is 5.91 Å². The summed E-state index contributed by atoms with van der Waals surface area (Å²) in [6.45, 7) is 4.51. The number of hydrogen-bond donors (Lipinski definition) is 1. The van der Waals surface area contributed by atoms with Gasteiger partial charge in [-0.3, -0.25) is 14.8 Å².